The number of nitrogens with two attached hydrogens (primary N) is 1. The molecule has 0 saturated carbocycles. The average molecular weight is 192 g/mol. The Morgan fingerprint density at radius 1 is 1.43 bits per heavy atom. The molecule has 1 aromatic carbocycles. The molecule has 2 aromatic rings. The van der Waals surface area contributed by atoms with Crippen LogP contribution in [0.1, 0.15) is 5.56 Å². The molecule has 5 heteroatoms. The first-order chi connectivity index (χ1) is 6.83. The molecule has 0 unspecified atom stereocenters. The molecule has 0 amide bonds. The second-order valence-corrected chi connectivity index (χ2v) is 2.80. The second kappa shape index (κ2) is 3.55. The van der Waals surface area contributed by atoms with E-state index < -0.39 is 0 Å². The normalized spacial score (nSPS) is 10.4. The van der Waals surface area contributed by atoms with E-state index in [0.717, 1.165) is 0 Å². The van der Waals surface area contributed by atoms with Gasteiger partial charge in [-0.25, -0.2) is 9.07 Å². The summed E-state index contributed by atoms with van der Waals surface area (Å²) in [6, 6.07) is 4.76. The smallest absolute Gasteiger partial charge is 0.149 e. The third-order valence-electron chi connectivity index (χ3n) is 1.94. The Labute approximate surface area is 80.2 Å². The maximum atomic E-state index is 13.5. The van der Waals surface area contributed by atoms with Crippen molar-refractivity contribution in [2.24, 2.45) is 5.73 Å². The fourth-order valence-electron chi connectivity index (χ4n) is 1.31. The highest BCUT2D eigenvalue weighted by Crippen LogP contribution is 2.16. The number of aromatic nitrogens is 3. The molecule has 0 aliphatic carbocycles. The van der Waals surface area contributed by atoms with E-state index in [1.54, 1.807) is 18.3 Å². The molecular formula is C9H9FN4. The molecule has 1 heterocycles. The van der Waals surface area contributed by atoms with E-state index in [1.165, 1.54) is 16.9 Å². The number of rotatable bonds is 2. The van der Waals surface area contributed by atoms with Gasteiger partial charge in [0.05, 0.1) is 12.4 Å². The zero-order chi connectivity index (χ0) is 9.97. The molecule has 0 atom stereocenters. The summed E-state index contributed by atoms with van der Waals surface area (Å²) in [5.74, 6) is -0.349. The van der Waals surface area contributed by atoms with Crippen LogP contribution in [0.15, 0.2) is 30.6 Å². The minimum absolute atomic E-state index is 0.271. The van der Waals surface area contributed by atoms with Gasteiger partial charge in [-0.1, -0.05) is 17.3 Å². The molecule has 4 nitrogen and oxygen atoms in total. The predicted octanol–water partition coefficient (Wildman–Crippen LogP) is 0.865. The standard InChI is InChI=1S/C9H9FN4/c10-8-3-1-2-7(6-11)9(8)14-5-4-12-13-14/h1-5H,6,11H2. The van der Waals surface area contributed by atoms with Gasteiger partial charge in [0.15, 0.2) is 0 Å². The summed E-state index contributed by atoms with van der Waals surface area (Å²) < 4.78 is 14.8. The fraction of sp³-hybridized carbons (Fsp3) is 0.111. The summed E-state index contributed by atoms with van der Waals surface area (Å²) in [5, 5.41) is 7.35. The van der Waals surface area contributed by atoms with Crippen molar-refractivity contribution >= 4 is 0 Å². The highest BCUT2D eigenvalue weighted by Gasteiger charge is 2.09. The SMILES string of the molecule is NCc1cccc(F)c1-n1ccnn1. The number of hydrogen-bond acceptors (Lipinski definition) is 3. The van der Waals surface area contributed by atoms with Gasteiger partial charge in [0.2, 0.25) is 0 Å². The van der Waals surface area contributed by atoms with Crippen molar-refractivity contribution in [2.75, 3.05) is 0 Å². The summed E-state index contributed by atoms with van der Waals surface area (Å²) in [6.45, 7) is 0.271. The number of benzene rings is 1. The Balaban J connectivity index is 2.61. The molecule has 1 aromatic heterocycles. The van der Waals surface area contributed by atoms with E-state index in [1.807, 2.05) is 0 Å². The van der Waals surface area contributed by atoms with Gasteiger partial charge < -0.3 is 5.73 Å². The van der Waals surface area contributed by atoms with Crippen LogP contribution < -0.4 is 5.73 Å². The zero-order valence-electron chi connectivity index (χ0n) is 7.39. The molecule has 0 spiro atoms. The molecule has 2 N–H and O–H groups in total. The first-order valence-corrected chi connectivity index (χ1v) is 4.17. The van der Waals surface area contributed by atoms with Crippen molar-refractivity contribution < 1.29 is 4.39 Å². The van der Waals surface area contributed by atoms with Gasteiger partial charge in [0, 0.05) is 6.54 Å². The zero-order valence-corrected chi connectivity index (χ0v) is 7.39. The van der Waals surface area contributed by atoms with Crippen molar-refractivity contribution in [3.8, 4) is 5.69 Å². The van der Waals surface area contributed by atoms with Gasteiger partial charge in [0.25, 0.3) is 0 Å². The predicted molar refractivity (Wildman–Crippen MR) is 49.2 cm³/mol. The van der Waals surface area contributed by atoms with Gasteiger partial charge in [0.1, 0.15) is 11.5 Å². The lowest BCUT2D eigenvalue weighted by Crippen LogP contribution is -2.07. The van der Waals surface area contributed by atoms with E-state index in [4.69, 9.17) is 5.73 Å². The highest BCUT2D eigenvalue weighted by atomic mass is 19.1. The van der Waals surface area contributed by atoms with Crippen LogP contribution in [-0.2, 0) is 6.54 Å². The van der Waals surface area contributed by atoms with Crippen molar-refractivity contribution in [3.63, 3.8) is 0 Å². The Morgan fingerprint density at radius 2 is 2.29 bits per heavy atom. The van der Waals surface area contributed by atoms with E-state index in [9.17, 15) is 4.39 Å². The van der Waals surface area contributed by atoms with Crippen molar-refractivity contribution in [3.05, 3.63) is 42.0 Å². The minimum Gasteiger partial charge on any atom is -0.326 e. The van der Waals surface area contributed by atoms with Crippen molar-refractivity contribution in [2.45, 2.75) is 6.54 Å². The van der Waals surface area contributed by atoms with E-state index >= 15 is 0 Å². The Kier molecular flexibility index (Phi) is 2.24. The topological polar surface area (TPSA) is 56.7 Å². The molecule has 72 valence electrons. The molecule has 0 aliphatic rings. The van der Waals surface area contributed by atoms with Crippen molar-refractivity contribution in [1.29, 1.82) is 0 Å². The summed E-state index contributed by atoms with van der Waals surface area (Å²) in [6.07, 6.45) is 3.07. The van der Waals surface area contributed by atoms with Gasteiger partial charge >= 0.3 is 0 Å². The average Bonchev–Trinajstić information content (AvgIpc) is 2.70. The number of para-hydroxylation sites is 1. The van der Waals surface area contributed by atoms with E-state index in [0.29, 0.717) is 11.3 Å². The lowest BCUT2D eigenvalue weighted by atomic mass is 10.1. The molecule has 0 saturated heterocycles. The van der Waals surface area contributed by atoms with E-state index in [2.05, 4.69) is 10.3 Å². The Hall–Kier alpha value is -1.75. The molecule has 14 heavy (non-hydrogen) atoms. The number of hydrogen-bond donors (Lipinski definition) is 1. The van der Waals surface area contributed by atoms with Gasteiger partial charge in [-0.05, 0) is 11.6 Å². The first kappa shape index (κ1) is 8.83. The fourth-order valence-corrected chi connectivity index (χ4v) is 1.31. The molecular weight excluding hydrogens is 183 g/mol. The third kappa shape index (κ3) is 1.38. The van der Waals surface area contributed by atoms with E-state index in [-0.39, 0.29) is 12.4 Å². The van der Waals surface area contributed by atoms with Crippen LogP contribution in [0.5, 0.6) is 0 Å². The summed E-state index contributed by atoms with van der Waals surface area (Å²) in [7, 11) is 0. The van der Waals surface area contributed by atoms with Gasteiger partial charge in [-0.2, -0.15) is 0 Å². The molecule has 0 radical (unpaired) electrons. The molecule has 0 bridgehead atoms. The van der Waals surface area contributed by atoms with Gasteiger partial charge in [-0.3, -0.25) is 0 Å². The van der Waals surface area contributed by atoms with Crippen LogP contribution in [0.4, 0.5) is 4.39 Å². The maximum Gasteiger partial charge on any atom is 0.149 e. The number of nitrogens with zero attached hydrogens (tertiary/aromatic N) is 3. The molecule has 0 fully saturated rings. The minimum atomic E-state index is -0.349. The summed E-state index contributed by atoms with van der Waals surface area (Å²) in [4.78, 5) is 0. The summed E-state index contributed by atoms with van der Waals surface area (Å²) >= 11 is 0. The lowest BCUT2D eigenvalue weighted by Gasteiger charge is -2.07. The quantitative estimate of drug-likeness (QED) is 0.767. The van der Waals surface area contributed by atoms with Gasteiger partial charge in [-0.15, -0.1) is 5.10 Å². The van der Waals surface area contributed by atoms with Crippen LogP contribution in [0.25, 0.3) is 5.69 Å². The molecule has 0 aliphatic heterocycles. The van der Waals surface area contributed by atoms with Crippen molar-refractivity contribution in [1.82, 2.24) is 15.0 Å². The molecule has 2 rings (SSSR count). The largest absolute Gasteiger partial charge is 0.326 e. The monoisotopic (exact) mass is 192 g/mol. The lowest BCUT2D eigenvalue weighted by molar-refractivity contribution is 0.603. The van der Waals surface area contributed by atoms with Crippen LogP contribution in [0, 0.1) is 5.82 Å². The highest BCUT2D eigenvalue weighted by molar-refractivity contribution is 5.41. The van der Waals surface area contributed by atoms with Crippen LogP contribution >= 0.6 is 0 Å². The van der Waals surface area contributed by atoms with Crippen LogP contribution in [-0.4, -0.2) is 15.0 Å². The number of halogens is 1. The first-order valence-electron chi connectivity index (χ1n) is 4.17. The Bertz CT molecular complexity index is 424. The Morgan fingerprint density at radius 3 is 2.93 bits per heavy atom. The van der Waals surface area contributed by atoms with Crippen LogP contribution in [0.2, 0.25) is 0 Å². The third-order valence-corrected chi connectivity index (χ3v) is 1.94. The summed E-state index contributed by atoms with van der Waals surface area (Å²) in [5.41, 5.74) is 6.57. The van der Waals surface area contributed by atoms with Crippen LogP contribution in [0.3, 0.4) is 0 Å². The second-order valence-electron chi connectivity index (χ2n) is 2.80. The maximum absolute atomic E-state index is 13.5.